The number of hydrogen-bond donors (Lipinski definition) is 3. The fourth-order valence-electron chi connectivity index (χ4n) is 3.77. The van der Waals surface area contributed by atoms with E-state index in [0.717, 1.165) is 34.4 Å². The van der Waals surface area contributed by atoms with Gasteiger partial charge in [-0.05, 0) is 40.5 Å². The minimum Gasteiger partial charge on any atom is -0.479 e. The molecule has 0 bridgehead atoms. The van der Waals surface area contributed by atoms with E-state index < -0.39 is 30.4 Å². The first-order chi connectivity index (χ1) is 15.9. The third-order valence-electron chi connectivity index (χ3n) is 5.11. The molecule has 0 heterocycles. The Labute approximate surface area is 187 Å². The van der Waals surface area contributed by atoms with Crippen LogP contribution in [0.2, 0.25) is 0 Å². The van der Waals surface area contributed by atoms with Crippen molar-refractivity contribution in [1.82, 2.24) is 5.48 Å². The maximum absolute atomic E-state index is 13.9. The van der Waals surface area contributed by atoms with E-state index in [1.165, 1.54) is 6.07 Å². The van der Waals surface area contributed by atoms with Crippen LogP contribution in [0, 0.1) is 5.82 Å². The number of ether oxygens (including phenoxy) is 1. The summed E-state index contributed by atoms with van der Waals surface area (Å²) in [6.45, 7) is -0.683. The van der Waals surface area contributed by atoms with Crippen LogP contribution in [0.15, 0.2) is 66.7 Å². The molecule has 0 aliphatic heterocycles. The average Bonchev–Trinajstić information content (AvgIpc) is 3.11. The maximum atomic E-state index is 13.9. The van der Waals surface area contributed by atoms with Crippen molar-refractivity contribution in [2.75, 3.05) is 18.5 Å². The standard InChI is InChI=1S/C24H19FN2O6/c25-15-9-14(23(30)27-33-13-22(28)29)10-16(11-15)26-24(31)32-12-21-19-7-3-1-5-17(19)18-6-2-4-8-20(18)21/h1-11,21H,12-13H2,(H,26,31)(H,27,30)(H,28,29). The zero-order chi connectivity index (χ0) is 23.4. The third kappa shape index (κ3) is 4.99. The van der Waals surface area contributed by atoms with Crippen LogP contribution in [0.1, 0.15) is 27.4 Å². The van der Waals surface area contributed by atoms with Gasteiger partial charge < -0.3 is 9.84 Å². The van der Waals surface area contributed by atoms with Gasteiger partial charge >= 0.3 is 12.1 Å². The molecule has 33 heavy (non-hydrogen) atoms. The monoisotopic (exact) mass is 450 g/mol. The number of nitrogens with one attached hydrogen (secondary N) is 2. The summed E-state index contributed by atoms with van der Waals surface area (Å²) in [7, 11) is 0. The van der Waals surface area contributed by atoms with Crippen molar-refractivity contribution in [3.05, 3.63) is 89.2 Å². The first kappa shape index (κ1) is 22.0. The molecule has 2 amide bonds. The lowest BCUT2D eigenvalue weighted by molar-refractivity contribution is -0.144. The molecule has 0 fully saturated rings. The number of benzene rings is 3. The number of fused-ring (bicyclic) bond motifs is 3. The number of hydroxylamine groups is 1. The van der Waals surface area contributed by atoms with Crippen molar-refractivity contribution in [2.45, 2.75) is 5.92 Å². The van der Waals surface area contributed by atoms with E-state index in [-0.39, 0.29) is 23.8 Å². The number of carboxylic acid groups (broad SMARTS) is 1. The average molecular weight is 450 g/mol. The molecule has 0 unspecified atom stereocenters. The van der Waals surface area contributed by atoms with Crippen molar-refractivity contribution in [3.63, 3.8) is 0 Å². The molecule has 1 aliphatic carbocycles. The van der Waals surface area contributed by atoms with Crippen molar-refractivity contribution in [3.8, 4) is 11.1 Å². The van der Waals surface area contributed by atoms with Gasteiger partial charge in [0.25, 0.3) is 5.91 Å². The second-order valence-electron chi connectivity index (χ2n) is 7.29. The molecule has 4 rings (SSSR count). The number of carbonyl (C=O) groups excluding carboxylic acids is 2. The van der Waals surface area contributed by atoms with Crippen molar-refractivity contribution in [1.29, 1.82) is 0 Å². The lowest BCUT2D eigenvalue weighted by Crippen LogP contribution is -2.27. The lowest BCUT2D eigenvalue weighted by Gasteiger charge is -2.15. The van der Waals surface area contributed by atoms with Crippen LogP contribution < -0.4 is 10.8 Å². The minimum atomic E-state index is -1.29. The van der Waals surface area contributed by atoms with Gasteiger partial charge in [-0.15, -0.1) is 0 Å². The summed E-state index contributed by atoms with van der Waals surface area (Å²) in [5.41, 5.74) is 6.00. The summed E-state index contributed by atoms with van der Waals surface area (Å²) in [4.78, 5) is 39.3. The van der Waals surface area contributed by atoms with Gasteiger partial charge in [0.1, 0.15) is 12.4 Å². The third-order valence-corrected chi connectivity index (χ3v) is 5.11. The Bertz CT molecular complexity index is 1180. The number of hydrogen-bond acceptors (Lipinski definition) is 5. The molecule has 0 atom stereocenters. The molecule has 0 aromatic heterocycles. The molecule has 0 radical (unpaired) electrons. The number of anilines is 1. The Hall–Kier alpha value is -4.24. The van der Waals surface area contributed by atoms with Gasteiger partial charge in [0, 0.05) is 17.2 Å². The van der Waals surface area contributed by atoms with Crippen molar-refractivity contribution >= 4 is 23.7 Å². The van der Waals surface area contributed by atoms with Gasteiger partial charge in [0.15, 0.2) is 6.61 Å². The van der Waals surface area contributed by atoms with Gasteiger partial charge in [0.2, 0.25) is 0 Å². The summed E-state index contributed by atoms with van der Waals surface area (Å²) in [6.07, 6.45) is -0.809. The normalized spacial score (nSPS) is 11.9. The Kier molecular flexibility index (Phi) is 6.32. The van der Waals surface area contributed by atoms with Crippen LogP contribution in [-0.2, 0) is 14.4 Å². The Morgan fingerprint density at radius 1 is 0.939 bits per heavy atom. The largest absolute Gasteiger partial charge is 0.479 e. The highest BCUT2D eigenvalue weighted by Crippen LogP contribution is 2.44. The predicted octanol–water partition coefficient (Wildman–Crippen LogP) is 3.93. The Balaban J connectivity index is 1.41. The van der Waals surface area contributed by atoms with E-state index in [2.05, 4.69) is 10.2 Å². The molecular weight excluding hydrogens is 431 g/mol. The molecular formula is C24H19FN2O6. The van der Waals surface area contributed by atoms with Crippen molar-refractivity contribution in [2.24, 2.45) is 0 Å². The number of amides is 2. The van der Waals surface area contributed by atoms with E-state index in [1.54, 1.807) is 0 Å². The highest BCUT2D eigenvalue weighted by atomic mass is 19.1. The minimum absolute atomic E-state index is 0.00407. The summed E-state index contributed by atoms with van der Waals surface area (Å²) < 4.78 is 19.4. The summed E-state index contributed by atoms with van der Waals surface area (Å²) >= 11 is 0. The smallest absolute Gasteiger partial charge is 0.411 e. The molecule has 8 nitrogen and oxygen atoms in total. The number of carbonyl (C=O) groups is 3. The summed E-state index contributed by atoms with van der Waals surface area (Å²) in [6, 6.07) is 18.9. The second kappa shape index (κ2) is 9.49. The highest BCUT2D eigenvalue weighted by Gasteiger charge is 2.29. The van der Waals surface area contributed by atoms with Crippen LogP contribution in [0.25, 0.3) is 11.1 Å². The van der Waals surface area contributed by atoms with Crippen LogP contribution >= 0.6 is 0 Å². The van der Waals surface area contributed by atoms with Crippen molar-refractivity contribution < 1.29 is 33.5 Å². The van der Waals surface area contributed by atoms with Gasteiger partial charge in [-0.25, -0.2) is 19.5 Å². The van der Waals surface area contributed by atoms with E-state index in [1.807, 2.05) is 54.0 Å². The van der Waals surface area contributed by atoms with Crippen LogP contribution in [0.4, 0.5) is 14.9 Å². The van der Waals surface area contributed by atoms with E-state index in [4.69, 9.17) is 9.84 Å². The van der Waals surface area contributed by atoms with Gasteiger partial charge in [0.05, 0.1) is 0 Å². The van der Waals surface area contributed by atoms with Gasteiger partial charge in [-0.2, -0.15) is 0 Å². The molecule has 0 saturated carbocycles. The van der Waals surface area contributed by atoms with E-state index in [9.17, 15) is 18.8 Å². The lowest BCUT2D eigenvalue weighted by atomic mass is 9.98. The molecule has 0 saturated heterocycles. The Morgan fingerprint density at radius 2 is 1.58 bits per heavy atom. The summed E-state index contributed by atoms with van der Waals surface area (Å²) in [5, 5.41) is 10.9. The molecule has 0 spiro atoms. The number of rotatable bonds is 7. The number of halogens is 1. The zero-order valence-electron chi connectivity index (χ0n) is 17.2. The molecule has 9 heteroatoms. The Morgan fingerprint density at radius 3 is 2.21 bits per heavy atom. The van der Waals surface area contributed by atoms with Crippen LogP contribution in [0.5, 0.6) is 0 Å². The predicted molar refractivity (Wildman–Crippen MR) is 116 cm³/mol. The topological polar surface area (TPSA) is 114 Å². The van der Waals surface area contributed by atoms with E-state index >= 15 is 0 Å². The van der Waals surface area contributed by atoms with Crippen LogP contribution in [-0.4, -0.2) is 36.3 Å². The number of aliphatic carboxylic acids is 1. The first-order valence-electron chi connectivity index (χ1n) is 9.99. The zero-order valence-corrected chi connectivity index (χ0v) is 17.2. The van der Waals surface area contributed by atoms with E-state index in [0.29, 0.717) is 0 Å². The first-order valence-corrected chi connectivity index (χ1v) is 9.99. The SMILES string of the molecule is O=C(O)CONC(=O)c1cc(F)cc(NC(=O)OCC2c3ccccc3-c3ccccc32)c1. The fraction of sp³-hybridized carbons (Fsp3) is 0.125. The van der Waals surface area contributed by atoms with Gasteiger partial charge in [-0.3, -0.25) is 14.9 Å². The molecule has 3 aromatic rings. The molecule has 168 valence electrons. The highest BCUT2D eigenvalue weighted by molar-refractivity contribution is 5.95. The van der Waals surface area contributed by atoms with Gasteiger partial charge in [-0.1, -0.05) is 48.5 Å². The molecule has 3 N–H and O–H groups in total. The van der Waals surface area contributed by atoms with Crippen LogP contribution in [0.3, 0.4) is 0 Å². The second-order valence-corrected chi connectivity index (χ2v) is 7.29. The number of carboxylic acids is 1. The quantitative estimate of drug-likeness (QED) is 0.470. The molecule has 1 aliphatic rings. The maximum Gasteiger partial charge on any atom is 0.411 e. The molecule has 3 aromatic carbocycles. The fourth-order valence-corrected chi connectivity index (χ4v) is 3.77. The summed E-state index contributed by atoms with van der Waals surface area (Å²) in [5.74, 6) is -3.07.